The molecule has 14 nitrogen and oxygen atoms in total. The van der Waals surface area contributed by atoms with Gasteiger partial charge in [0.05, 0.1) is 43.0 Å². The number of fused-ring (bicyclic) bond motifs is 1. The van der Waals surface area contributed by atoms with Crippen LogP contribution in [0.15, 0.2) is 53.5 Å². The molecular weight excluding hydrogens is 688 g/mol. The van der Waals surface area contributed by atoms with Crippen LogP contribution in [0.3, 0.4) is 0 Å². The Hall–Kier alpha value is -5.68. The molecule has 4 heterocycles. The molecular formula is C40H48N8O6. The summed E-state index contributed by atoms with van der Waals surface area (Å²) in [5, 5.41) is 10.2. The highest BCUT2D eigenvalue weighted by Crippen LogP contribution is 2.35. The zero-order valence-corrected chi connectivity index (χ0v) is 31.6. The lowest BCUT2D eigenvalue weighted by atomic mass is 10.0. The third-order valence-corrected chi connectivity index (χ3v) is 10.0. The maximum Gasteiger partial charge on any atom is 0.407 e. The van der Waals surface area contributed by atoms with Gasteiger partial charge in [0, 0.05) is 18.7 Å². The van der Waals surface area contributed by atoms with E-state index in [4.69, 9.17) is 14.6 Å². The first-order valence-electron chi connectivity index (χ1n) is 18.4. The molecule has 2 fully saturated rings. The lowest BCUT2D eigenvalue weighted by Crippen LogP contribution is -2.51. The van der Waals surface area contributed by atoms with Gasteiger partial charge in [0.1, 0.15) is 23.6 Å². The number of rotatable bonds is 11. The minimum Gasteiger partial charge on any atom is -0.453 e. The number of hydrogen-bond acceptors (Lipinski definition) is 9. The highest BCUT2D eigenvalue weighted by molar-refractivity contribution is 5.87. The summed E-state index contributed by atoms with van der Waals surface area (Å²) < 4.78 is 4.74. The van der Waals surface area contributed by atoms with Crippen molar-refractivity contribution in [2.45, 2.75) is 77.5 Å². The van der Waals surface area contributed by atoms with Gasteiger partial charge in [-0.05, 0) is 84.9 Å². The molecule has 0 saturated carbocycles. The number of ether oxygens (including phenoxy) is 1. The van der Waals surface area contributed by atoms with Gasteiger partial charge in [0.2, 0.25) is 18.2 Å². The van der Waals surface area contributed by atoms with Crippen molar-refractivity contribution in [3.63, 3.8) is 0 Å². The van der Waals surface area contributed by atoms with Crippen LogP contribution in [0.4, 0.5) is 4.79 Å². The third kappa shape index (κ3) is 8.42. The minimum atomic E-state index is -0.690. The molecule has 0 spiro atoms. The number of aromatic nitrogens is 4. The molecule has 6 rings (SSSR count). The Morgan fingerprint density at radius 1 is 0.907 bits per heavy atom. The predicted molar refractivity (Wildman–Crippen MR) is 203 cm³/mol. The van der Waals surface area contributed by atoms with Gasteiger partial charge in [-0.25, -0.2) is 14.8 Å². The summed E-state index contributed by atoms with van der Waals surface area (Å²) in [6, 6.07) is 14.4. The van der Waals surface area contributed by atoms with Crippen LogP contribution < -0.4 is 5.32 Å². The van der Waals surface area contributed by atoms with E-state index in [9.17, 15) is 14.4 Å². The normalized spacial score (nSPS) is 18.3. The average Bonchev–Trinajstić information content (AvgIpc) is 4.00. The molecule has 2 aromatic carbocycles. The summed E-state index contributed by atoms with van der Waals surface area (Å²) in [4.78, 5) is 64.7. The van der Waals surface area contributed by atoms with E-state index in [2.05, 4.69) is 48.3 Å². The van der Waals surface area contributed by atoms with Gasteiger partial charge in [-0.1, -0.05) is 51.8 Å². The lowest BCUT2D eigenvalue weighted by molar-refractivity contribution is -0.188. The van der Waals surface area contributed by atoms with Crippen molar-refractivity contribution >= 4 is 35.3 Å². The first-order chi connectivity index (χ1) is 26.1. The molecule has 4 aromatic rings. The molecule has 0 radical (unpaired) electrons. The Bertz CT molecular complexity index is 2040. The first kappa shape index (κ1) is 38.1. The SMILES string of the molecule is COOC=N[C@H](C(=O)N1CCC[C@H]1c1nc2ccc(-c3ccc(C#Cc4cc([C@@H]5CCCN5C(=O)[C@@H](NC(=O)OC)C(C)C)n[nH]4)cc3)cc2[nH]1)C(C)C. The number of carbonyl (C=O) groups is 3. The van der Waals surface area contributed by atoms with E-state index < -0.39 is 18.2 Å². The van der Waals surface area contributed by atoms with Gasteiger partial charge in [-0.3, -0.25) is 14.7 Å². The van der Waals surface area contributed by atoms with Crippen molar-refractivity contribution in [2.24, 2.45) is 16.8 Å². The van der Waals surface area contributed by atoms with Crippen LogP contribution in [0.2, 0.25) is 0 Å². The maximum atomic E-state index is 13.6. The Labute approximate surface area is 315 Å². The van der Waals surface area contributed by atoms with E-state index in [1.165, 1.54) is 20.6 Å². The number of imidazole rings is 1. The number of aliphatic imine (C=N–C) groups is 1. The van der Waals surface area contributed by atoms with Crippen LogP contribution in [0.25, 0.3) is 22.2 Å². The second-order valence-corrected chi connectivity index (χ2v) is 14.3. The van der Waals surface area contributed by atoms with Crippen LogP contribution >= 0.6 is 0 Å². The van der Waals surface area contributed by atoms with Crippen molar-refractivity contribution in [1.82, 2.24) is 35.3 Å². The number of aromatic amines is 2. The molecule has 3 N–H and O–H groups in total. The number of alkyl carbamates (subject to hydrolysis) is 1. The van der Waals surface area contributed by atoms with Gasteiger partial charge in [-0.2, -0.15) is 9.99 Å². The molecule has 2 aliphatic heterocycles. The van der Waals surface area contributed by atoms with E-state index in [1.54, 1.807) is 4.90 Å². The fourth-order valence-electron chi connectivity index (χ4n) is 7.18. The molecule has 4 atom stereocenters. The second kappa shape index (κ2) is 17.0. The standard InChI is InChI=1S/C40H48N8O6/c1-24(2)35(41-23-54-53-6)38(49)48-20-8-10-34(48)37-42-30-18-16-28(21-31(30)43-37)27-14-11-26(12-15-27)13-17-29-22-32(46-45-29)33-9-7-19-47(33)39(50)36(25(3)4)44-40(51)52-5/h11-12,14-16,18,21-25,33-36H,7-10,19-20H2,1-6H3,(H,42,43)(H,44,51)(H,45,46)/t33-,34-,35-,36-/m0/s1. The average molecular weight is 737 g/mol. The Morgan fingerprint density at radius 3 is 2.30 bits per heavy atom. The zero-order valence-electron chi connectivity index (χ0n) is 31.6. The van der Waals surface area contributed by atoms with E-state index >= 15 is 0 Å². The maximum absolute atomic E-state index is 13.6. The highest BCUT2D eigenvalue weighted by atomic mass is 17.2. The third-order valence-electron chi connectivity index (χ3n) is 10.0. The molecule has 54 heavy (non-hydrogen) atoms. The second-order valence-electron chi connectivity index (χ2n) is 14.3. The topological polar surface area (TPSA) is 167 Å². The largest absolute Gasteiger partial charge is 0.453 e. The van der Waals surface area contributed by atoms with E-state index in [0.29, 0.717) is 18.8 Å². The fourth-order valence-corrected chi connectivity index (χ4v) is 7.18. The number of likely N-dealkylation sites (tertiary alicyclic amines) is 2. The molecule has 3 amide bonds. The van der Waals surface area contributed by atoms with E-state index in [-0.39, 0.29) is 35.7 Å². The van der Waals surface area contributed by atoms with Crippen molar-refractivity contribution in [3.05, 3.63) is 71.3 Å². The number of methoxy groups -OCH3 is 1. The van der Waals surface area contributed by atoms with Crippen LogP contribution in [-0.2, 0) is 24.1 Å². The van der Waals surface area contributed by atoms with E-state index in [1.807, 2.05) is 75.1 Å². The number of carbonyl (C=O) groups excluding carboxylic acids is 3. The number of nitrogens with zero attached hydrogens (tertiary/aromatic N) is 5. The fraction of sp³-hybridized carbons (Fsp3) is 0.450. The Morgan fingerprint density at radius 2 is 1.61 bits per heavy atom. The molecule has 284 valence electrons. The summed E-state index contributed by atoms with van der Waals surface area (Å²) >= 11 is 0. The van der Waals surface area contributed by atoms with Gasteiger partial charge in [0.15, 0.2) is 0 Å². The first-order valence-corrected chi connectivity index (χ1v) is 18.4. The molecule has 0 unspecified atom stereocenters. The summed E-state index contributed by atoms with van der Waals surface area (Å²) in [6.45, 7) is 8.94. The lowest BCUT2D eigenvalue weighted by Gasteiger charge is -2.30. The highest BCUT2D eigenvalue weighted by Gasteiger charge is 2.38. The summed E-state index contributed by atoms with van der Waals surface area (Å²) in [5.41, 5.74) is 6.03. The van der Waals surface area contributed by atoms with E-state index in [0.717, 1.165) is 64.9 Å². The van der Waals surface area contributed by atoms with Crippen LogP contribution in [0, 0.1) is 23.7 Å². The van der Waals surface area contributed by atoms with Crippen molar-refractivity contribution < 1.29 is 28.9 Å². The molecule has 2 aromatic heterocycles. The predicted octanol–water partition coefficient (Wildman–Crippen LogP) is 5.69. The Kier molecular flexibility index (Phi) is 12.0. The minimum absolute atomic E-state index is 0.0149. The number of benzene rings is 2. The van der Waals surface area contributed by atoms with Gasteiger partial charge in [0.25, 0.3) is 0 Å². The summed E-state index contributed by atoms with van der Waals surface area (Å²) in [7, 11) is 2.67. The Balaban J connectivity index is 1.12. The number of nitrogens with one attached hydrogen (secondary N) is 3. The summed E-state index contributed by atoms with van der Waals surface area (Å²) in [5.74, 6) is 6.82. The zero-order chi connectivity index (χ0) is 38.4. The van der Waals surface area contributed by atoms with Crippen LogP contribution in [-0.4, -0.2) is 93.7 Å². The quantitative estimate of drug-likeness (QED) is 0.0581. The molecule has 2 saturated heterocycles. The van der Waals surface area contributed by atoms with Crippen molar-refractivity contribution in [1.29, 1.82) is 0 Å². The van der Waals surface area contributed by atoms with Crippen molar-refractivity contribution in [2.75, 3.05) is 27.3 Å². The van der Waals surface area contributed by atoms with Crippen LogP contribution in [0.1, 0.15) is 88.2 Å². The number of amides is 3. The molecule has 0 aliphatic carbocycles. The number of hydrogen-bond donors (Lipinski definition) is 3. The van der Waals surface area contributed by atoms with Gasteiger partial charge < -0.3 is 29.7 Å². The van der Waals surface area contributed by atoms with Crippen LogP contribution in [0.5, 0.6) is 0 Å². The van der Waals surface area contributed by atoms with Gasteiger partial charge >= 0.3 is 6.09 Å². The van der Waals surface area contributed by atoms with Gasteiger partial charge in [-0.15, -0.1) is 0 Å². The molecule has 2 aliphatic rings. The van der Waals surface area contributed by atoms with Crippen molar-refractivity contribution in [3.8, 4) is 23.0 Å². The smallest absolute Gasteiger partial charge is 0.407 e. The number of H-pyrrole nitrogens is 2. The monoisotopic (exact) mass is 736 g/mol. The molecule has 14 heteroatoms. The molecule has 0 bridgehead atoms. The summed E-state index contributed by atoms with van der Waals surface area (Å²) in [6.07, 6.45) is 3.87.